The van der Waals surface area contributed by atoms with Crippen LogP contribution in [-0.2, 0) is 35.0 Å². The smallest absolute Gasteiger partial charge is 0.138 e. The first-order valence-corrected chi connectivity index (χ1v) is 15.4. The molecule has 41 heavy (non-hydrogen) atoms. The lowest BCUT2D eigenvalue weighted by atomic mass is 9.87. The van der Waals surface area contributed by atoms with Crippen molar-refractivity contribution < 1.29 is 33.5 Å². The first-order chi connectivity index (χ1) is 20.2. The van der Waals surface area contributed by atoms with Gasteiger partial charge in [0.15, 0.2) is 0 Å². The van der Waals surface area contributed by atoms with Crippen molar-refractivity contribution in [1.29, 1.82) is 0 Å². The van der Waals surface area contributed by atoms with Crippen LogP contribution in [0.1, 0.15) is 18.4 Å². The standard InChI is InChI=1S/C33H36O7S/c34-23-14-15-24-25(40-33(23)41-22-11-5-2-6-12-22)16-17-26-28(37-24)19-29-31(39-26)32(36-20-21-9-3-1-4-10-21)30-27(38-29)13-7-8-18-35-30/h1-12,14-17,23-34H,13,18-20H2/t23-,24+,25-,26+,27-,28-,29+,30-,31+,32+,33+/m0/s1. The van der Waals surface area contributed by atoms with Gasteiger partial charge in [0.25, 0.3) is 0 Å². The molecule has 0 radical (unpaired) electrons. The second-order valence-corrected chi connectivity index (χ2v) is 12.3. The molecule has 0 aliphatic carbocycles. The van der Waals surface area contributed by atoms with E-state index in [1.165, 1.54) is 11.8 Å². The number of aliphatic hydroxyl groups excluding tert-OH is 1. The van der Waals surface area contributed by atoms with Crippen molar-refractivity contribution in [3.05, 3.63) is 103 Å². The average Bonchev–Trinajstić information content (AvgIpc) is 3.39. The molecule has 2 aromatic rings. The Bertz CT molecular complexity index is 1240. The summed E-state index contributed by atoms with van der Waals surface area (Å²) in [6.45, 7) is 1.01. The number of rotatable bonds is 5. The zero-order valence-corrected chi connectivity index (χ0v) is 23.5. The van der Waals surface area contributed by atoms with Crippen LogP contribution >= 0.6 is 11.8 Å². The van der Waals surface area contributed by atoms with Crippen LogP contribution in [0.15, 0.2) is 102 Å². The van der Waals surface area contributed by atoms with Gasteiger partial charge < -0.3 is 33.5 Å². The van der Waals surface area contributed by atoms with Crippen molar-refractivity contribution in [3.63, 3.8) is 0 Å². The lowest BCUT2D eigenvalue weighted by molar-refractivity contribution is -0.294. The van der Waals surface area contributed by atoms with Crippen molar-refractivity contribution >= 4 is 11.8 Å². The van der Waals surface area contributed by atoms with Gasteiger partial charge in [-0.05, 0) is 24.1 Å². The highest BCUT2D eigenvalue weighted by atomic mass is 32.2. The molecular formula is C33H36O7S. The minimum absolute atomic E-state index is 0.114. The number of thioether (sulfide) groups is 1. The van der Waals surface area contributed by atoms with E-state index >= 15 is 0 Å². The summed E-state index contributed by atoms with van der Waals surface area (Å²) in [6, 6.07) is 20.2. The highest BCUT2D eigenvalue weighted by Gasteiger charge is 2.53. The molecule has 5 aliphatic heterocycles. The Morgan fingerprint density at radius 3 is 2.34 bits per heavy atom. The van der Waals surface area contributed by atoms with Crippen LogP contribution in [-0.4, -0.2) is 78.2 Å². The minimum Gasteiger partial charge on any atom is -0.385 e. The molecule has 0 amide bonds. The maximum Gasteiger partial charge on any atom is 0.138 e. The fourth-order valence-electron chi connectivity index (χ4n) is 6.26. The zero-order chi connectivity index (χ0) is 27.6. The third-order valence-corrected chi connectivity index (χ3v) is 9.46. The van der Waals surface area contributed by atoms with Crippen molar-refractivity contribution in [3.8, 4) is 0 Å². The monoisotopic (exact) mass is 576 g/mol. The molecule has 8 heteroatoms. The maximum absolute atomic E-state index is 10.8. The van der Waals surface area contributed by atoms with Gasteiger partial charge in [-0.3, -0.25) is 0 Å². The van der Waals surface area contributed by atoms with Gasteiger partial charge in [0.05, 0.1) is 31.5 Å². The van der Waals surface area contributed by atoms with Crippen molar-refractivity contribution in [2.45, 2.75) is 90.8 Å². The van der Waals surface area contributed by atoms with Gasteiger partial charge >= 0.3 is 0 Å². The van der Waals surface area contributed by atoms with Gasteiger partial charge in [0.2, 0.25) is 0 Å². The fraction of sp³-hybridized carbons (Fsp3) is 0.455. The van der Waals surface area contributed by atoms with Crippen LogP contribution in [0.4, 0.5) is 0 Å². The maximum atomic E-state index is 10.8. The van der Waals surface area contributed by atoms with E-state index in [-0.39, 0.29) is 54.9 Å². The minimum atomic E-state index is -0.753. The van der Waals surface area contributed by atoms with Crippen LogP contribution in [0.3, 0.4) is 0 Å². The van der Waals surface area contributed by atoms with E-state index in [0.717, 1.165) is 16.9 Å². The summed E-state index contributed by atoms with van der Waals surface area (Å²) in [5, 5.41) is 10.8. The van der Waals surface area contributed by atoms with Gasteiger partial charge in [0.1, 0.15) is 48.2 Å². The Morgan fingerprint density at radius 2 is 1.49 bits per heavy atom. The number of hydrogen-bond donors (Lipinski definition) is 1. The van der Waals surface area contributed by atoms with E-state index in [0.29, 0.717) is 19.6 Å². The third-order valence-electron chi connectivity index (χ3n) is 8.29. The summed E-state index contributed by atoms with van der Waals surface area (Å²) in [5.74, 6) is 0. The normalized spacial score (nSPS) is 39.8. The van der Waals surface area contributed by atoms with Crippen molar-refractivity contribution in [1.82, 2.24) is 0 Å². The lowest BCUT2D eigenvalue weighted by Crippen LogP contribution is -2.64. The van der Waals surface area contributed by atoms with Gasteiger partial charge in [-0.15, -0.1) is 0 Å². The molecule has 0 bridgehead atoms. The van der Waals surface area contributed by atoms with E-state index in [1.807, 2.05) is 66.8 Å². The molecule has 216 valence electrons. The highest BCUT2D eigenvalue weighted by Crippen LogP contribution is 2.40. The molecule has 0 spiro atoms. The Morgan fingerprint density at radius 1 is 0.732 bits per heavy atom. The number of hydrogen-bond acceptors (Lipinski definition) is 8. The lowest BCUT2D eigenvalue weighted by Gasteiger charge is -2.50. The van der Waals surface area contributed by atoms with Crippen LogP contribution < -0.4 is 0 Å². The molecule has 5 aliphatic rings. The first kappa shape index (κ1) is 27.6. The Kier molecular flexibility index (Phi) is 8.42. The topological polar surface area (TPSA) is 75.6 Å². The molecule has 0 aromatic heterocycles. The number of aliphatic hydroxyl groups is 1. The van der Waals surface area contributed by atoms with E-state index in [4.69, 9.17) is 28.4 Å². The predicted octanol–water partition coefficient (Wildman–Crippen LogP) is 4.60. The number of ether oxygens (including phenoxy) is 6. The molecule has 1 N–H and O–H groups in total. The molecule has 0 unspecified atom stereocenters. The van der Waals surface area contributed by atoms with Gasteiger partial charge in [-0.25, -0.2) is 0 Å². The quantitative estimate of drug-likeness (QED) is 0.518. The summed E-state index contributed by atoms with van der Waals surface area (Å²) in [4.78, 5) is 1.04. The van der Waals surface area contributed by atoms with Crippen LogP contribution in [0.25, 0.3) is 0 Å². The average molecular weight is 577 g/mol. The molecule has 2 saturated heterocycles. The summed E-state index contributed by atoms with van der Waals surface area (Å²) in [7, 11) is 0. The SMILES string of the molecule is O[C@H]1C=C[C@H]2O[C@H]3C[C@H]4O[C@H]5CC=CCO[C@@H]5[C@@H](OCc5ccccc5)[C@@H]4O[C@@H]3C=C[C@@H]2O[C@@H]1Sc1ccccc1. The summed E-state index contributed by atoms with van der Waals surface area (Å²) in [6.07, 6.45) is 10.3. The number of benzene rings is 2. The third kappa shape index (κ3) is 6.12. The van der Waals surface area contributed by atoms with E-state index < -0.39 is 11.5 Å². The van der Waals surface area contributed by atoms with Crippen molar-refractivity contribution in [2.75, 3.05) is 6.61 Å². The highest BCUT2D eigenvalue weighted by molar-refractivity contribution is 7.99. The number of fused-ring (bicyclic) bond motifs is 4. The van der Waals surface area contributed by atoms with E-state index in [1.54, 1.807) is 6.08 Å². The Balaban J connectivity index is 1.10. The molecule has 5 heterocycles. The summed E-state index contributed by atoms with van der Waals surface area (Å²) >= 11 is 1.51. The summed E-state index contributed by atoms with van der Waals surface area (Å²) < 4.78 is 39.3. The van der Waals surface area contributed by atoms with Crippen LogP contribution in [0.2, 0.25) is 0 Å². The fourth-order valence-corrected chi connectivity index (χ4v) is 7.25. The molecule has 0 saturated carbocycles. The Hall–Kier alpha value is -2.27. The molecule has 7 rings (SSSR count). The largest absolute Gasteiger partial charge is 0.385 e. The first-order valence-electron chi connectivity index (χ1n) is 14.5. The molecule has 11 atom stereocenters. The Labute approximate surface area is 245 Å². The van der Waals surface area contributed by atoms with Crippen LogP contribution in [0.5, 0.6) is 0 Å². The molecule has 7 nitrogen and oxygen atoms in total. The predicted molar refractivity (Wildman–Crippen MR) is 154 cm³/mol. The van der Waals surface area contributed by atoms with E-state index in [2.05, 4.69) is 24.3 Å². The van der Waals surface area contributed by atoms with Crippen LogP contribution in [0, 0.1) is 0 Å². The molecule has 2 fully saturated rings. The van der Waals surface area contributed by atoms with Gasteiger partial charge in [-0.2, -0.15) is 0 Å². The molecule has 2 aromatic carbocycles. The molecular weight excluding hydrogens is 540 g/mol. The van der Waals surface area contributed by atoms with Crippen molar-refractivity contribution in [2.24, 2.45) is 0 Å². The zero-order valence-electron chi connectivity index (χ0n) is 22.7. The van der Waals surface area contributed by atoms with E-state index in [9.17, 15) is 5.11 Å². The van der Waals surface area contributed by atoms with Gasteiger partial charge in [-0.1, -0.05) is 96.7 Å². The second-order valence-electron chi connectivity index (χ2n) is 11.1. The summed E-state index contributed by atoms with van der Waals surface area (Å²) in [5.41, 5.74) is 0.649. The second kappa shape index (κ2) is 12.5. The van der Waals surface area contributed by atoms with Gasteiger partial charge in [0, 0.05) is 11.3 Å².